The third-order valence-corrected chi connectivity index (χ3v) is 7.83. The van der Waals surface area contributed by atoms with Crippen molar-refractivity contribution in [2.24, 2.45) is 5.73 Å². The Labute approximate surface area is 245 Å². The predicted octanol–water partition coefficient (Wildman–Crippen LogP) is 1.86. The average molecular weight is 593 g/mol. The van der Waals surface area contributed by atoms with Crippen LogP contribution in [0.3, 0.4) is 0 Å². The molecule has 3 aromatic rings. The van der Waals surface area contributed by atoms with Gasteiger partial charge in [0.1, 0.15) is 6.07 Å². The predicted molar refractivity (Wildman–Crippen MR) is 154 cm³/mol. The summed E-state index contributed by atoms with van der Waals surface area (Å²) in [5.74, 6) is 0.0379. The van der Waals surface area contributed by atoms with Crippen LogP contribution in [0.5, 0.6) is 0 Å². The lowest BCUT2D eigenvalue weighted by Gasteiger charge is -2.44. The zero-order valence-electron chi connectivity index (χ0n) is 22.9. The first-order valence-corrected chi connectivity index (χ1v) is 13.7. The summed E-state index contributed by atoms with van der Waals surface area (Å²) in [5, 5.41) is 43.2. The molecule has 16 heteroatoms. The van der Waals surface area contributed by atoms with E-state index in [1.165, 1.54) is 22.7 Å². The van der Waals surface area contributed by atoms with Crippen LogP contribution in [-0.4, -0.2) is 85.9 Å². The van der Waals surface area contributed by atoms with E-state index in [-0.39, 0.29) is 29.3 Å². The fourth-order valence-corrected chi connectivity index (χ4v) is 5.25. The first-order valence-electron chi connectivity index (χ1n) is 13.3. The molecule has 3 atom stereocenters. The van der Waals surface area contributed by atoms with Gasteiger partial charge in [-0.05, 0) is 38.3 Å². The molecular formula is C26H29ClN12O3. The number of nitrogens with zero attached hydrogens (tertiary/aromatic N) is 8. The number of hydrogen-bond acceptors (Lipinski definition) is 11. The Kier molecular flexibility index (Phi) is 7.89. The van der Waals surface area contributed by atoms with Gasteiger partial charge >= 0.3 is 6.09 Å². The van der Waals surface area contributed by atoms with Gasteiger partial charge in [0.05, 0.1) is 46.3 Å². The highest BCUT2D eigenvalue weighted by Crippen LogP contribution is 2.38. The van der Waals surface area contributed by atoms with Crippen LogP contribution in [-0.2, 0) is 4.79 Å². The quantitative estimate of drug-likeness (QED) is 0.241. The Balaban J connectivity index is 1.48. The van der Waals surface area contributed by atoms with Crippen LogP contribution in [0.25, 0.3) is 5.65 Å². The number of primary amides is 1. The van der Waals surface area contributed by atoms with Crippen molar-refractivity contribution in [1.29, 1.82) is 10.5 Å². The number of carbonyl (C=O) groups is 2. The van der Waals surface area contributed by atoms with Crippen molar-refractivity contribution in [3.05, 3.63) is 34.6 Å². The Morgan fingerprint density at radius 3 is 2.67 bits per heavy atom. The molecule has 15 nitrogen and oxygen atoms in total. The molecule has 0 bridgehead atoms. The number of imidazole rings is 1. The fraction of sp³-hybridized carbons (Fsp3) is 0.423. The van der Waals surface area contributed by atoms with E-state index in [2.05, 4.69) is 43.2 Å². The summed E-state index contributed by atoms with van der Waals surface area (Å²) in [6.45, 7) is 2.33. The number of carboxylic acid groups (broad SMARTS) is 1. The second-order valence-electron chi connectivity index (χ2n) is 10.4. The van der Waals surface area contributed by atoms with Gasteiger partial charge in [-0.15, -0.1) is 5.10 Å². The molecule has 1 aliphatic carbocycles. The third kappa shape index (κ3) is 5.79. The van der Waals surface area contributed by atoms with E-state index in [4.69, 9.17) is 17.3 Å². The van der Waals surface area contributed by atoms with Gasteiger partial charge in [-0.25, -0.2) is 9.78 Å². The van der Waals surface area contributed by atoms with Gasteiger partial charge < -0.3 is 31.3 Å². The molecular weight excluding hydrogens is 564 g/mol. The summed E-state index contributed by atoms with van der Waals surface area (Å²) in [6.07, 6.45) is 2.75. The highest BCUT2D eigenvalue weighted by atomic mass is 35.5. The Morgan fingerprint density at radius 1 is 1.26 bits per heavy atom. The van der Waals surface area contributed by atoms with Gasteiger partial charge in [-0.1, -0.05) is 11.6 Å². The SMILES string of the molecule is C[C@H](NC1CN(c2cc(C#N)cc(Nc3nc(NC4CC4)c4ncc(C#N)n4n3)c2Cl)CC[C@@H]1N(C)C(=O)O)C(N)=O. The number of fused-ring (bicyclic) bond motifs is 1. The molecule has 2 amide bonds. The molecule has 2 aromatic heterocycles. The Morgan fingerprint density at radius 2 is 2.02 bits per heavy atom. The molecule has 2 aliphatic rings. The number of likely N-dealkylation sites (N-methyl/N-ethyl adjacent to an activating group) is 1. The molecule has 1 aromatic carbocycles. The fourth-order valence-electron chi connectivity index (χ4n) is 4.97. The first kappa shape index (κ1) is 28.7. The van der Waals surface area contributed by atoms with Crippen LogP contribution in [0.1, 0.15) is 37.4 Å². The van der Waals surface area contributed by atoms with E-state index in [9.17, 15) is 25.2 Å². The van der Waals surface area contributed by atoms with Crippen LogP contribution < -0.4 is 26.6 Å². The second kappa shape index (κ2) is 11.6. The monoisotopic (exact) mass is 592 g/mol. The van der Waals surface area contributed by atoms with Crippen molar-refractivity contribution in [2.75, 3.05) is 35.7 Å². The van der Waals surface area contributed by atoms with Gasteiger partial charge in [0.2, 0.25) is 11.9 Å². The highest BCUT2D eigenvalue weighted by molar-refractivity contribution is 6.36. The number of carbonyl (C=O) groups excluding carboxylic acids is 1. The molecule has 1 aliphatic heterocycles. The molecule has 6 N–H and O–H groups in total. The number of rotatable bonds is 9. The summed E-state index contributed by atoms with van der Waals surface area (Å²) in [5.41, 5.74) is 7.32. The van der Waals surface area contributed by atoms with E-state index in [0.717, 1.165) is 12.8 Å². The normalized spacial score (nSPS) is 19.0. The molecule has 1 saturated heterocycles. The standard InChI is InChI=1S/C26H29ClN12O3/c1-13(22(30)40)32-18-12-38(6-5-19(18)37(2)26(41)42)20-8-14(9-28)7-17(21(20)27)34-25-35-23(33-15-3-4-15)24-31-11-16(10-29)39(24)36-25/h7-8,11,13,15,18-19,32H,3-6,12H2,1-2H3,(H2,30,40)(H,41,42)(H2,33,34,35,36)/t13-,18?,19-/m0/s1. The Bertz CT molecular complexity index is 1630. The molecule has 2 fully saturated rings. The number of nitrogens with one attached hydrogen (secondary N) is 3. The summed E-state index contributed by atoms with van der Waals surface area (Å²) in [6, 6.07) is 6.10. The summed E-state index contributed by atoms with van der Waals surface area (Å²) >= 11 is 6.91. The lowest BCUT2D eigenvalue weighted by molar-refractivity contribution is -0.119. The number of nitrogens with two attached hydrogens (primary N) is 1. The maximum Gasteiger partial charge on any atom is 0.407 e. The van der Waals surface area contributed by atoms with Crippen molar-refractivity contribution in [2.45, 2.75) is 50.4 Å². The number of halogens is 1. The van der Waals surface area contributed by atoms with E-state index in [1.54, 1.807) is 19.1 Å². The van der Waals surface area contributed by atoms with Gasteiger partial charge in [0.15, 0.2) is 17.2 Å². The molecule has 0 radical (unpaired) electrons. The molecule has 1 unspecified atom stereocenters. The van der Waals surface area contributed by atoms with Crippen molar-refractivity contribution in [3.63, 3.8) is 0 Å². The van der Waals surface area contributed by atoms with Gasteiger partial charge in [-0.3, -0.25) is 10.1 Å². The second-order valence-corrected chi connectivity index (χ2v) is 10.8. The number of nitriles is 2. The molecule has 0 spiro atoms. The van der Waals surface area contributed by atoms with Crippen LogP contribution in [0.2, 0.25) is 5.02 Å². The van der Waals surface area contributed by atoms with Crippen molar-refractivity contribution < 1.29 is 14.7 Å². The zero-order valence-corrected chi connectivity index (χ0v) is 23.6. The largest absolute Gasteiger partial charge is 0.465 e. The number of aromatic nitrogens is 4. The van der Waals surface area contributed by atoms with Crippen LogP contribution in [0.15, 0.2) is 18.3 Å². The maximum absolute atomic E-state index is 11.8. The Hall–Kier alpha value is -4.86. The minimum absolute atomic E-state index is 0.139. The smallest absolute Gasteiger partial charge is 0.407 e. The molecule has 218 valence electrons. The third-order valence-electron chi connectivity index (χ3n) is 7.43. The van der Waals surface area contributed by atoms with E-state index in [0.29, 0.717) is 41.4 Å². The lowest BCUT2D eigenvalue weighted by atomic mass is 9.96. The number of amides is 2. The average Bonchev–Trinajstić information content (AvgIpc) is 3.69. The summed E-state index contributed by atoms with van der Waals surface area (Å²) < 4.78 is 1.39. The van der Waals surface area contributed by atoms with Crippen molar-refractivity contribution >= 4 is 52.4 Å². The lowest BCUT2D eigenvalue weighted by Crippen LogP contribution is -2.62. The molecule has 3 heterocycles. The van der Waals surface area contributed by atoms with Gasteiger partial charge in [-0.2, -0.15) is 20.0 Å². The minimum Gasteiger partial charge on any atom is -0.465 e. The molecule has 5 rings (SSSR count). The maximum atomic E-state index is 11.8. The van der Waals surface area contributed by atoms with Crippen LogP contribution in [0, 0.1) is 22.7 Å². The van der Waals surface area contributed by atoms with Gasteiger partial charge in [0.25, 0.3) is 0 Å². The van der Waals surface area contributed by atoms with Crippen molar-refractivity contribution in [3.8, 4) is 12.1 Å². The minimum atomic E-state index is -1.09. The first-order chi connectivity index (χ1) is 20.1. The number of hydrogen-bond donors (Lipinski definition) is 5. The number of benzene rings is 1. The van der Waals surface area contributed by atoms with Crippen LogP contribution >= 0.6 is 11.6 Å². The zero-order chi connectivity index (χ0) is 30.1. The van der Waals surface area contributed by atoms with E-state index >= 15 is 0 Å². The molecule has 42 heavy (non-hydrogen) atoms. The molecule has 1 saturated carbocycles. The van der Waals surface area contributed by atoms with Crippen molar-refractivity contribution in [1.82, 2.24) is 29.8 Å². The topological polar surface area (TPSA) is 214 Å². The number of piperidine rings is 1. The summed E-state index contributed by atoms with van der Waals surface area (Å²) in [4.78, 5) is 35.5. The van der Waals surface area contributed by atoms with E-state index in [1.807, 2.05) is 4.90 Å². The van der Waals surface area contributed by atoms with E-state index < -0.39 is 30.1 Å². The summed E-state index contributed by atoms with van der Waals surface area (Å²) in [7, 11) is 1.48. The van der Waals surface area contributed by atoms with Gasteiger partial charge in [0, 0.05) is 32.2 Å². The number of anilines is 4. The van der Waals surface area contributed by atoms with Crippen LogP contribution in [0.4, 0.5) is 27.9 Å². The highest BCUT2D eigenvalue weighted by Gasteiger charge is 2.36.